The third kappa shape index (κ3) is 1.84. The van der Waals surface area contributed by atoms with Crippen LogP contribution in [0.15, 0.2) is 30.6 Å². The van der Waals surface area contributed by atoms with E-state index in [0.717, 1.165) is 0 Å². The van der Waals surface area contributed by atoms with Crippen molar-refractivity contribution in [1.82, 2.24) is 9.94 Å². The van der Waals surface area contributed by atoms with Crippen molar-refractivity contribution in [3.8, 4) is 17.9 Å². The molecule has 2 aromatic rings. The second kappa shape index (κ2) is 4.16. The summed E-state index contributed by atoms with van der Waals surface area (Å²) in [6.07, 6.45) is 2.93. The van der Waals surface area contributed by atoms with Crippen LogP contribution in [0.3, 0.4) is 0 Å². The molecule has 0 amide bonds. The van der Waals surface area contributed by atoms with E-state index in [4.69, 9.17) is 15.4 Å². The second-order valence-electron chi connectivity index (χ2n) is 2.87. The van der Waals surface area contributed by atoms with Crippen molar-refractivity contribution < 1.29 is 4.84 Å². The summed E-state index contributed by atoms with van der Waals surface area (Å²) < 4.78 is 0. The summed E-state index contributed by atoms with van der Waals surface area (Å²) in [5.41, 5.74) is 0.700. The minimum absolute atomic E-state index is 0.287. The maximum absolute atomic E-state index is 8.89. The maximum atomic E-state index is 8.89. The molecule has 0 spiro atoms. The van der Waals surface area contributed by atoms with Gasteiger partial charge in [0.2, 0.25) is 0 Å². The number of rotatable bonds is 2. The van der Waals surface area contributed by atoms with Crippen LogP contribution in [0, 0.1) is 28.7 Å². The van der Waals surface area contributed by atoms with E-state index in [-0.39, 0.29) is 5.56 Å². The highest BCUT2D eigenvalue weighted by molar-refractivity contribution is 5.48. The summed E-state index contributed by atoms with van der Waals surface area (Å²) in [7, 11) is 0. The Morgan fingerprint density at radius 2 is 2.19 bits per heavy atom. The zero-order valence-corrected chi connectivity index (χ0v) is 8.08. The number of nitrogens with zero attached hydrogens (tertiary/aromatic N) is 4. The molecule has 0 atom stereocenters. The normalized spacial score (nSPS) is 9.12. The quantitative estimate of drug-likeness (QED) is 0.746. The van der Waals surface area contributed by atoms with Crippen molar-refractivity contribution in [2.75, 3.05) is 0 Å². The third-order valence-electron chi connectivity index (χ3n) is 1.85. The predicted octanol–water partition coefficient (Wildman–Crippen LogP) is 1.27. The molecule has 1 radical (unpaired) electrons. The Bertz CT molecular complexity index is 575. The van der Waals surface area contributed by atoms with Crippen LogP contribution in [-0.2, 0) is 0 Å². The van der Waals surface area contributed by atoms with Crippen molar-refractivity contribution in [2.24, 2.45) is 0 Å². The van der Waals surface area contributed by atoms with E-state index >= 15 is 0 Å². The summed E-state index contributed by atoms with van der Waals surface area (Å²) in [4.78, 5) is 6.47. The first-order valence-corrected chi connectivity index (χ1v) is 4.37. The van der Waals surface area contributed by atoms with Crippen LogP contribution in [0.1, 0.15) is 11.1 Å². The summed E-state index contributed by atoms with van der Waals surface area (Å²) in [5.74, 6) is 0.346. The molecule has 1 heterocycles. The van der Waals surface area contributed by atoms with Gasteiger partial charge in [0.15, 0.2) is 5.75 Å². The Balaban J connectivity index is 2.36. The molecule has 0 aliphatic rings. The third-order valence-corrected chi connectivity index (χ3v) is 1.85. The van der Waals surface area contributed by atoms with Gasteiger partial charge in [-0.1, -0.05) is 4.85 Å². The van der Waals surface area contributed by atoms with Gasteiger partial charge in [-0.05, 0) is 18.2 Å². The molecule has 5 nitrogen and oxygen atoms in total. The van der Waals surface area contributed by atoms with E-state index in [1.54, 1.807) is 12.1 Å². The molecule has 75 valence electrons. The van der Waals surface area contributed by atoms with Gasteiger partial charge in [-0.3, -0.25) is 0 Å². The molecule has 2 rings (SSSR count). The summed E-state index contributed by atoms with van der Waals surface area (Å²) in [6, 6.07) is 11.2. The second-order valence-corrected chi connectivity index (χ2v) is 2.87. The lowest BCUT2D eigenvalue weighted by Gasteiger charge is -2.05. The van der Waals surface area contributed by atoms with Crippen LogP contribution >= 0.6 is 0 Å². The molecule has 0 bridgehead atoms. The molecule has 5 heteroatoms. The van der Waals surface area contributed by atoms with Gasteiger partial charge in [0.1, 0.15) is 6.07 Å². The van der Waals surface area contributed by atoms with Gasteiger partial charge in [0.25, 0.3) is 0 Å². The summed E-state index contributed by atoms with van der Waals surface area (Å²) in [6.45, 7) is 0. The lowest BCUT2D eigenvalue weighted by Crippen LogP contribution is -2.06. The van der Waals surface area contributed by atoms with E-state index in [1.165, 1.54) is 23.3 Å². The Labute approximate surface area is 91.7 Å². The van der Waals surface area contributed by atoms with E-state index in [0.29, 0.717) is 11.3 Å². The Morgan fingerprint density at radius 3 is 2.81 bits per heavy atom. The van der Waals surface area contributed by atoms with Gasteiger partial charge >= 0.3 is 0 Å². The van der Waals surface area contributed by atoms with Gasteiger partial charge in [0, 0.05) is 6.07 Å². The average Bonchev–Trinajstić information content (AvgIpc) is 2.82. The fraction of sp³-hybridized carbons (Fsp3) is 0. The molecule has 1 aromatic heterocycles. The van der Waals surface area contributed by atoms with E-state index in [1.807, 2.05) is 12.1 Å². The number of aromatic nitrogens is 2. The fourth-order valence-electron chi connectivity index (χ4n) is 1.14. The van der Waals surface area contributed by atoms with Gasteiger partial charge in [-0.25, -0.2) is 0 Å². The molecule has 0 saturated heterocycles. The molecular formula is C11H5N4O. The zero-order chi connectivity index (χ0) is 11.4. The molecule has 16 heavy (non-hydrogen) atoms. The molecule has 0 aliphatic heterocycles. The van der Waals surface area contributed by atoms with Crippen molar-refractivity contribution >= 4 is 0 Å². The van der Waals surface area contributed by atoms with Crippen LogP contribution < -0.4 is 4.84 Å². The molecule has 0 saturated carbocycles. The standard InChI is InChI=1S/C11H5N4O/c12-7-9-2-3-11(10(6-9)8-13)16-15-5-1-4-14-15/h2-6H. The number of hydrogen-bond acceptors (Lipinski definition) is 4. The Hall–Kier alpha value is -2.79. The minimum atomic E-state index is 0.287. The van der Waals surface area contributed by atoms with Crippen molar-refractivity contribution in [2.45, 2.75) is 0 Å². The van der Waals surface area contributed by atoms with Crippen LogP contribution in [-0.4, -0.2) is 9.94 Å². The largest absolute Gasteiger partial charge is 0.357 e. The number of benzene rings is 1. The van der Waals surface area contributed by atoms with E-state index < -0.39 is 0 Å². The summed E-state index contributed by atoms with van der Waals surface area (Å²) in [5, 5.41) is 21.4. The minimum Gasteiger partial charge on any atom is -0.357 e. The molecular weight excluding hydrogens is 204 g/mol. The van der Waals surface area contributed by atoms with Gasteiger partial charge in [-0.15, -0.1) is 5.10 Å². The number of hydrogen-bond donors (Lipinski definition) is 0. The van der Waals surface area contributed by atoms with Crippen LogP contribution in [0.4, 0.5) is 0 Å². The first-order chi connectivity index (χ1) is 7.83. The van der Waals surface area contributed by atoms with Crippen LogP contribution in [0.5, 0.6) is 5.75 Å². The predicted molar refractivity (Wildman–Crippen MR) is 53.0 cm³/mol. The summed E-state index contributed by atoms with van der Waals surface area (Å²) >= 11 is 0. The lowest BCUT2D eigenvalue weighted by atomic mass is 10.1. The van der Waals surface area contributed by atoms with Crippen molar-refractivity contribution in [3.63, 3.8) is 0 Å². The highest BCUT2D eigenvalue weighted by Crippen LogP contribution is 2.19. The highest BCUT2D eigenvalue weighted by Gasteiger charge is 2.06. The van der Waals surface area contributed by atoms with E-state index in [9.17, 15) is 0 Å². The van der Waals surface area contributed by atoms with Crippen molar-refractivity contribution in [1.29, 1.82) is 10.5 Å². The SMILES string of the molecule is N#Cc1ccc(On2c[c]cn2)c(C#N)c1. The molecule has 0 unspecified atom stereocenters. The number of nitriles is 2. The molecule has 0 aliphatic carbocycles. The highest BCUT2D eigenvalue weighted by atomic mass is 16.7. The molecule has 0 fully saturated rings. The Kier molecular flexibility index (Phi) is 2.53. The monoisotopic (exact) mass is 209 g/mol. The van der Waals surface area contributed by atoms with Crippen LogP contribution in [0.2, 0.25) is 0 Å². The van der Waals surface area contributed by atoms with Gasteiger partial charge < -0.3 is 4.84 Å². The first kappa shape index (κ1) is 9.75. The van der Waals surface area contributed by atoms with E-state index in [2.05, 4.69) is 11.2 Å². The first-order valence-electron chi connectivity index (χ1n) is 4.37. The molecule has 0 N–H and O–H groups in total. The van der Waals surface area contributed by atoms with Gasteiger partial charge in [-0.2, -0.15) is 10.5 Å². The fourth-order valence-corrected chi connectivity index (χ4v) is 1.14. The topological polar surface area (TPSA) is 74.6 Å². The maximum Gasteiger partial charge on any atom is 0.175 e. The average molecular weight is 209 g/mol. The molecule has 1 aromatic carbocycles. The zero-order valence-electron chi connectivity index (χ0n) is 8.08. The lowest BCUT2D eigenvalue weighted by molar-refractivity contribution is 0.178. The smallest absolute Gasteiger partial charge is 0.175 e. The van der Waals surface area contributed by atoms with Crippen molar-refractivity contribution in [3.05, 3.63) is 47.8 Å². The van der Waals surface area contributed by atoms with Crippen LogP contribution in [0.25, 0.3) is 0 Å². The Morgan fingerprint density at radius 1 is 1.31 bits per heavy atom. The van der Waals surface area contributed by atoms with Gasteiger partial charge in [0.05, 0.1) is 29.6 Å².